The zero-order chi connectivity index (χ0) is 24.4. The summed E-state index contributed by atoms with van der Waals surface area (Å²) in [5.74, 6) is -0.516. The molecule has 4 N–H and O–H groups in total. The summed E-state index contributed by atoms with van der Waals surface area (Å²) >= 11 is 0. The number of likely N-dealkylation sites (N-methyl/N-ethyl adjacent to an activating group) is 1. The molecule has 1 aliphatic rings. The van der Waals surface area contributed by atoms with E-state index in [1.165, 1.54) is 6.07 Å². The van der Waals surface area contributed by atoms with Gasteiger partial charge in [0.15, 0.2) is 0 Å². The number of carbonyl (C=O) groups excluding carboxylic acids is 1. The van der Waals surface area contributed by atoms with Crippen LogP contribution in [0, 0.1) is 5.82 Å². The van der Waals surface area contributed by atoms with Gasteiger partial charge in [-0.25, -0.2) is 4.39 Å². The number of nitrogens with two attached hydrogens (primary N) is 1. The number of aromatic nitrogens is 1. The maximum Gasteiger partial charge on any atom is 0.237 e. The van der Waals surface area contributed by atoms with Crippen molar-refractivity contribution in [2.45, 2.75) is 18.5 Å². The van der Waals surface area contributed by atoms with Gasteiger partial charge in [0, 0.05) is 47.5 Å². The van der Waals surface area contributed by atoms with Crippen LogP contribution >= 0.6 is 24.8 Å². The van der Waals surface area contributed by atoms with Crippen LogP contribution < -0.4 is 16.0 Å². The molecule has 4 aromatic rings. The number of rotatable bonds is 6. The first-order chi connectivity index (χ1) is 17.0. The van der Waals surface area contributed by atoms with Gasteiger partial charge in [0.05, 0.1) is 24.3 Å². The number of nitrogens with one attached hydrogen (secondary N) is 2. The van der Waals surface area contributed by atoms with Crippen molar-refractivity contribution in [2.75, 3.05) is 25.0 Å². The van der Waals surface area contributed by atoms with E-state index in [1.807, 2.05) is 67.8 Å². The maximum atomic E-state index is 14.6. The topological polar surface area (TPSA) is 86.5 Å². The fourth-order valence-electron chi connectivity index (χ4n) is 4.65. The number of nitrogens with zero attached hydrogens (tertiary/aromatic N) is 2. The Kier molecular flexibility index (Phi) is 9.32. The van der Waals surface area contributed by atoms with Gasteiger partial charge in [-0.1, -0.05) is 48.5 Å². The molecule has 9 heteroatoms. The lowest BCUT2D eigenvalue weighted by Crippen LogP contribution is -2.49. The minimum absolute atomic E-state index is 0. The average Bonchev–Trinajstić information content (AvgIpc) is 3.23. The number of aliphatic imine (C=N–C) groups is 1. The first kappa shape index (κ1) is 28.2. The number of benzene rings is 3. The van der Waals surface area contributed by atoms with Crippen LogP contribution in [0.2, 0.25) is 0 Å². The molecule has 0 fully saturated rings. The molecule has 0 aliphatic carbocycles. The van der Waals surface area contributed by atoms with E-state index >= 15 is 0 Å². The molecule has 37 heavy (non-hydrogen) atoms. The van der Waals surface area contributed by atoms with E-state index in [9.17, 15) is 9.18 Å². The second-order valence-corrected chi connectivity index (χ2v) is 8.87. The molecule has 194 valence electrons. The molecule has 0 radical (unpaired) electrons. The number of carbonyl (C=O) groups is 1. The molecule has 1 amide bonds. The second kappa shape index (κ2) is 12.2. The summed E-state index contributed by atoms with van der Waals surface area (Å²) in [6, 6.07) is 21.7. The zero-order valence-electron chi connectivity index (χ0n) is 20.4. The van der Waals surface area contributed by atoms with Crippen molar-refractivity contribution in [1.82, 2.24) is 10.3 Å². The van der Waals surface area contributed by atoms with E-state index in [1.54, 1.807) is 12.1 Å². The summed E-state index contributed by atoms with van der Waals surface area (Å²) in [5.41, 5.74) is 11.2. The minimum Gasteiger partial charge on any atom is -0.367 e. The fraction of sp³-hybridized carbons (Fsp3) is 0.214. The van der Waals surface area contributed by atoms with E-state index in [2.05, 4.69) is 15.2 Å². The highest BCUT2D eigenvalue weighted by Crippen LogP contribution is 2.28. The van der Waals surface area contributed by atoms with Crippen LogP contribution in [0.3, 0.4) is 0 Å². The molecular formula is C28H30Cl2FN5O. The Bertz CT molecular complexity index is 1410. The summed E-state index contributed by atoms with van der Waals surface area (Å²) in [6.07, 6.45) is 2.35. The molecule has 3 aromatic carbocycles. The minimum atomic E-state index is -0.671. The lowest BCUT2D eigenvalue weighted by atomic mass is 10.00. The summed E-state index contributed by atoms with van der Waals surface area (Å²) in [7, 11) is 1.97. The summed E-state index contributed by atoms with van der Waals surface area (Å²) in [5, 5.41) is 4.08. The van der Waals surface area contributed by atoms with Crippen molar-refractivity contribution in [3.05, 3.63) is 102 Å². The molecule has 0 spiro atoms. The Morgan fingerprint density at radius 3 is 2.54 bits per heavy atom. The molecule has 2 unspecified atom stereocenters. The van der Waals surface area contributed by atoms with Crippen LogP contribution in [-0.4, -0.2) is 48.8 Å². The Morgan fingerprint density at radius 1 is 1.08 bits per heavy atom. The van der Waals surface area contributed by atoms with Crippen molar-refractivity contribution >= 4 is 53.0 Å². The van der Waals surface area contributed by atoms with Gasteiger partial charge in [-0.05, 0) is 36.2 Å². The highest BCUT2D eigenvalue weighted by molar-refractivity contribution is 6.16. The van der Waals surface area contributed by atoms with Crippen molar-refractivity contribution < 1.29 is 9.18 Å². The first-order valence-electron chi connectivity index (χ1n) is 11.7. The largest absolute Gasteiger partial charge is 0.367 e. The highest BCUT2D eigenvalue weighted by Gasteiger charge is 2.26. The quantitative estimate of drug-likeness (QED) is 0.336. The average molecular weight is 542 g/mol. The molecule has 0 saturated carbocycles. The van der Waals surface area contributed by atoms with Gasteiger partial charge in [0.25, 0.3) is 0 Å². The molecule has 5 rings (SSSR count). The first-order valence-corrected chi connectivity index (χ1v) is 11.7. The maximum absolute atomic E-state index is 14.6. The molecule has 1 aromatic heterocycles. The number of benzodiazepines with no additional fused rings is 1. The number of aromatic amines is 1. The van der Waals surface area contributed by atoms with E-state index in [0.717, 1.165) is 27.7 Å². The lowest BCUT2D eigenvalue weighted by Gasteiger charge is -2.29. The fourth-order valence-corrected chi connectivity index (χ4v) is 4.65. The third kappa shape index (κ3) is 5.80. The molecule has 2 atom stereocenters. The molecule has 0 saturated heterocycles. The Hall–Kier alpha value is -3.39. The number of anilines is 1. The zero-order valence-corrected chi connectivity index (χ0v) is 22.0. The van der Waals surface area contributed by atoms with E-state index in [-0.39, 0.29) is 42.6 Å². The van der Waals surface area contributed by atoms with Gasteiger partial charge in [-0.15, -0.1) is 24.8 Å². The van der Waals surface area contributed by atoms with Crippen LogP contribution in [-0.2, 0) is 11.2 Å². The van der Waals surface area contributed by atoms with Crippen LogP contribution in [0.1, 0.15) is 16.7 Å². The van der Waals surface area contributed by atoms with Crippen LogP contribution in [0.4, 0.5) is 10.1 Å². The van der Waals surface area contributed by atoms with E-state index < -0.39 is 6.04 Å². The van der Waals surface area contributed by atoms with Gasteiger partial charge >= 0.3 is 0 Å². The Morgan fingerprint density at radius 2 is 1.76 bits per heavy atom. The normalized spacial score (nSPS) is 15.5. The van der Waals surface area contributed by atoms with Crippen molar-refractivity contribution in [3.8, 4) is 0 Å². The standard InChI is InChI=1S/C28H28FN5O.2ClH/c1-34-19(17-33-28(35)24(30)14-18-15-31-25-12-6-3-8-20(18)25)16-32-27(21-9-2-5-11-23(21)29)22-10-4-7-13-26(22)34;;/h2-13,15,19,24,31H,14,16-17,30H2,1H3,(H,33,35);2*1H. The van der Waals surface area contributed by atoms with Crippen LogP contribution in [0.25, 0.3) is 10.9 Å². The lowest BCUT2D eigenvalue weighted by molar-refractivity contribution is -0.122. The Balaban J connectivity index is 0.00000190. The number of hydrogen-bond donors (Lipinski definition) is 3. The number of hydrogen-bond acceptors (Lipinski definition) is 4. The number of H-pyrrole nitrogens is 1. The third-order valence-corrected chi connectivity index (χ3v) is 6.64. The Labute approximate surface area is 228 Å². The van der Waals surface area contributed by atoms with Crippen LogP contribution in [0.15, 0.2) is 84.0 Å². The van der Waals surface area contributed by atoms with E-state index in [4.69, 9.17) is 10.7 Å². The smallest absolute Gasteiger partial charge is 0.237 e. The molecule has 1 aliphatic heterocycles. The molecule has 2 heterocycles. The van der Waals surface area contributed by atoms with Crippen molar-refractivity contribution in [3.63, 3.8) is 0 Å². The van der Waals surface area contributed by atoms with E-state index in [0.29, 0.717) is 30.8 Å². The van der Waals surface area contributed by atoms with Gasteiger partial charge in [0.1, 0.15) is 5.82 Å². The van der Waals surface area contributed by atoms with Crippen molar-refractivity contribution in [1.29, 1.82) is 0 Å². The number of halogens is 3. The number of amides is 1. The van der Waals surface area contributed by atoms with Crippen LogP contribution in [0.5, 0.6) is 0 Å². The second-order valence-electron chi connectivity index (χ2n) is 8.87. The molecular weight excluding hydrogens is 512 g/mol. The van der Waals surface area contributed by atoms with Gasteiger partial charge in [0.2, 0.25) is 5.91 Å². The van der Waals surface area contributed by atoms with Crippen molar-refractivity contribution in [2.24, 2.45) is 10.7 Å². The summed E-state index contributed by atoms with van der Waals surface area (Å²) in [4.78, 5) is 23.0. The predicted molar refractivity (Wildman–Crippen MR) is 153 cm³/mol. The highest BCUT2D eigenvalue weighted by atomic mass is 35.5. The molecule has 6 nitrogen and oxygen atoms in total. The number of para-hydroxylation sites is 2. The predicted octanol–water partition coefficient (Wildman–Crippen LogP) is 4.49. The summed E-state index contributed by atoms with van der Waals surface area (Å²) < 4.78 is 14.6. The van der Waals surface area contributed by atoms with Gasteiger partial charge in [-0.2, -0.15) is 0 Å². The monoisotopic (exact) mass is 541 g/mol. The summed E-state index contributed by atoms with van der Waals surface area (Å²) in [6.45, 7) is 0.784. The number of fused-ring (bicyclic) bond motifs is 2. The third-order valence-electron chi connectivity index (χ3n) is 6.64. The van der Waals surface area contributed by atoms with Gasteiger partial charge in [-0.3, -0.25) is 9.79 Å². The molecule has 0 bridgehead atoms. The SMILES string of the molecule is CN1c2ccccc2C(c2ccccc2F)=NCC1CNC(=O)C(N)Cc1c[nH]c2ccccc12.Cl.Cl. The van der Waals surface area contributed by atoms with Gasteiger partial charge < -0.3 is 20.9 Å².